The van der Waals surface area contributed by atoms with Crippen molar-refractivity contribution in [1.82, 2.24) is 0 Å². The maximum Gasteiger partial charge on any atom is -0.00817 e. The van der Waals surface area contributed by atoms with Crippen LogP contribution >= 0.6 is 0 Å². The second kappa shape index (κ2) is 4.82. The monoisotopic (exact) mass is 192 g/mol. The smallest absolute Gasteiger partial charge is 0.00817 e. The Hall–Kier alpha value is -0.520. The van der Waals surface area contributed by atoms with Gasteiger partial charge in [0.1, 0.15) is 0 Å². The highest BCUT2D eigenvalue weighted by Crippen LogP contribution is 2.43. The van der Waals surface area contributed by atoms with Gasteiger partial charge in [0.25, 0.3) is 0 Å². The van der Waals surface area contributed by atoms with Gasteiger partial charge in [-0.2, -0.15) is 0 Å². The lowest BCUT2D eigenvalue weighted by Gasteiger charge is -2.27. The highest BCUT2D eigenvalue weighted by Gasteiger charge is 2.32. The van der Waals surface area contributed by atoms with E-state index in [9.17, 15) is 0 Å². The van der Waals surface area contributed by atoms with Gasteiger partial charge in [-0.1, -0.05) is 57.4 Å². The molecule has 80 valence electrons. The van der Waals surface area contributed by atoms with Crippen molar-refractivity contribution in [2.75, 3.05) is 0 Å². The molecule has 0 N–H and O–H groups in total. The molecule has 0 fully saturated rings. The molecular weight excluding hydrogens is 168 g/mol. The minimum atomic E-state index is 0.392. The second-order valence-corrected chi connectivity index (χ2v) is 5.02. The molecule has 1 aliphatic carbocycles. The first-order valence-corrected chi connectivity index (χ1v) is 5.93. The fourth-order valence-electron chi connectivity index (χ4n) is 2.06. The van der Waals surface area contributed by atoms with Gasteiger partial charge in [0.2, 0.25) is 0 Å². The first kappa shape index (κ1) is 11.6. The lowest BCUT2D eigenvalue weighted by Crippen LogP contribution is -2.18. The molecule has 0 aromatic heterocycles. The average Bonchev–Trinajstić information content (AvgIpc) is 2.38. The average molecular weight is 192 g/mol. The van der Waals surface area contributed by atoms with Crippen LogP contribution in [0.25, 0.3) is 0 Å². The SMILES string of the molecule is CCCCC=CC1CC=C(C)C1(C)C. The number of rotatable bonds is 4. The van der Waals surface area contributed by atoms with Crippen LogP contribution in [0.2, 0.25) is 0 Å². The highest BCUT2D eigenvalue weighted by molar-refractivity contribution is 5.21. The van der Waals surface area contributed by atoms with Gasteiger partial charge in [0.15, 0.2) is 0 Å². The molecule has 0 saturated carbocycles. The summed E-state index contributed by atoms with van der Waals surface area (Å²) < 4.78 is 0. The molecule has 0 aromatic rings. The van der Waals surface area contributed by atoms with Crippen molar-refractivity contribution in [3.05, 3.63) is 23.8 Å². The van der Waals surface area contributed by atoms with Crippen molar-refractivity contribution in [2.24, 2.45) is 11.3 Å². The van der Waals surface area contributed by atoms with Crippen LogP contribution in [0.15, 0.2) is 23.8 Å². The van der Waals surface area contributed by atoms with Gasteiger partial charge in [0, 0.05) is 0 Å². The quantitative estimate of drug-likeness (QED) is 0.446. The minimum Gasteiger partial charge on any atom is -0.0882 e. The van der Waals surface area contributed by atoms with E-state index in [0.717, 1.165) is 5.92 Å². The van der Waals surface area contributed by atoms with Crippen LogP contribution in [0.5, 0.6) is 0 Å². The molecule has 0 aromatic carbocycles. The summed E-state index contributed by atoms with van der Waals surface area (Å²) in [6.07, 6.45) is 12.3. The summed E-state index contributed by atoms with van der Waals surface area (Å²) in [6.45, 7) is 9.24. The number of hydrogen-bond donors (Lipinski definition) is 0. The molecule has 1 rings (SSSR count). The first-order valence-electron chi connectivity index (χ1n) is 5.93. The summed E-state index contributed by atoms with van der Waals surface area (Å²) in [7, 11) is 0. The van der Waals surface area contributed by atoms with Crippen molar-refractivity contribution in [2.45, 2.75) is 53.4 Å². The molecule has 0 amide bonds. The summed E-state index contributed by atoms with van der Waals surface area (Å²) in [6, 6.07) is 0. The molecule has 0 heterocycles. The Labute approximate surface area is 89.1 Å². The van der Waals surface area contributed by atoms with Gasteiger partial charge in [-0.05, 0) is 31.1 Å². The summed E-state index contributed by atoms with van der Waals surface area (Å²) in [4.78, 5) is 0. The predicted octanol–water partition coefficient (Wildman–Crippen LogP) is 4.73. The van der Waals surface area contributed by atoms with Gasteiger partial charge in [0.05, 0.1) is 0 Å². The lowest BCUT2D eigenvalue weighted by molar-refractivity contribution is 0.351. The molecule has 1 atom stereocenters. The van der Waals surface area contributed by atoms with Gasteiger partial charge >= 0.3 is 0 Å². The number of unbranched alkanes of at least 4 members (excludes halogenated alkanes) is 2. The first-order chi connectivity index (χ1) is 6.59. The predicted molar refractivity (Wildman–Crippen MR) is 64.3 cm³/mol. The van der Waals surface area contributed by atoms with E-state index in [-0.39, 0.29) is 0 Å². The van der Waals surface area contributed by atoms with E-state index in [2.05, 4.69) is 45.9 Å². The topological polar surface area (TPSA) is 0 Å². The third kappa shape index (κ3) is 2.50. The summed E-state index contributed by atoms with van der Waals surface area (Å²) in [5, 5.41) is 0. The molecule has 0 heteroatoms. The van der Waals surface area contributed by atoms with Crippen LogP contribution in [-0.4, -0.2) is 0 Å². The zero-order valence-corrected chi connectivity index (χ0v) is 10.1. The van der Waals surface area contributed by atoms with E-state index in [1.54, 1.807) is 5.57 Å². The van der Waals surface area contributed by atoms with Gasteiger partial charge in [-0.3, -0.25) is 0 Å². The summed E-state index contributed by atoms with van der Waals surface area (Å²) >= 11 is 0. The molecule has 0 nitrogen and oxygen atoms in total. The molecule has 0 radical (unpaired) electrons. The van der Waals surface area contributed by atoms with Crippen LogP contribution in [-0.2, 0) is 0 Å². The third-order valence-corrected chi connectivity index (χ3v) is 3.71. The fraction of sp³-hybridized carbons (Fsp3) is 0.714. The van der Waals surface area contributed by atoms with Crippen LogP contribution in [0.3, 0.4) is 0 Å². The van der Waals surface area contributed by atoms with E-state index in [4.69, 9.17) is 0 Å². The Morgan fingerprint density at radius 1 is 1.50 bits per heavy atom. The summed E-state index contributed by atoms with van der Waals surface area (Å²) in [5.74, 6) is 0.736. The van der Waals surface area contributed by atoms with E-state index in [1.165, 1.54) is 25.7 Å². The molecule has 1 aliphatic rings. The van der Waals surface area contributed by atoms with Crippen molar-refractivity contribution in [1.29, 1.82) is 0 Å². The Kier molecular flexibility index (Phi) is 3.97. The van der Waals surface area contributed by atoms with E-state index >= 15 is 0 Å². The molecule has 1 unspecified atom stereocenters. The van der Waals surface area contributed by atoms with Gasteiger partial charge in [-0.15, -0.1) is 0 Å². The van der Waals surface area contributed by atoms with E-state index < -0.39 is 0 Å². The Balaban J connectivity index is 2.44. The maximum absolute atomic E-state index is 2.43. The number of allylic oxidation sites excluding steroid dienone is 4. The van der Waals surface area contributed by atoms with Crippen LogP contribution in [0, 0.1) is 11.3 Å². The third-order valence-electron chi connectivity index (χ3n) is 3.71. The Bertz CT molecular complexity index is 230. The van der Waals surface area contributed by atoms with Crippen LogP contribution < -0.4 is 0 Å². The molecule has 0 saturated heterocycles. The van der Waals surface area contributed by atoms with E-state index in [1.807, 2.05) is 0 Å². The number of hydrogen-bond acceptors (Lipinski definition) is 0. The Morgan fingerprint density at radius 2 is 2.21 bits per heavy atom. The van der Waals surface area contributed by atoms with Crippen molar-refractivity contribution in [3.63, 3.8) is 0 Å². The van der Waals surface area contributed by atoms with Crippen molar-refractivity contribution >= 4 is 0 Å². The van der Waals surface area contributed by atoms with Gasteiger partial charge in [-0.25, -0.2) is 0 Å². The second-order valence-electron chi connectivity index (χ2n) is 5.02. The Morgan fingerprint density at radius 3 is 2.71 bits per heavy atom. The zero-order valence-electron chi connectivity index (χ0n) is 10.1. The highest BCUT2D eigenvalue weighted by atomic mass is 14.4. The molecule has 14 heavy (non-hydrogen) atoms. The molecule has 0 aliphatic heterocycles. The minimum absolute atomic E-state index is 0.392. The lowest BCUT2D eigenvalue weighted by atomic mass is 9.77. The molecular formula is C14H24. The standard InChI is InChI=1S/C14H24/c1-5-6-7-8-9-13-11-10-12(2)14(13,3)4/h8-10,13H,5-7,11H2,1-4H3. The van der Waals surface area contributed by atoms with E-state index in [0.29, 0.717) is 5.41 Å². The maximum atomic E-state index is 2.43. The molecule has 0 spiro atoms. The normalized spacial score (nSPS) is 25.7. The van der Waals surface area contributed by atoms with Crippen molar-refractivity contribution in [3.8, 4) is 0 Å². The fourth-order valence-corrected chi connectivity index (χ4v) is 2.06. The van der Waals surface area contributed by atoms with Crippen LogP contribution in [0.1, 0.15) is 53.4 Å². The zero-order chi connectivity index (χ0) is 10.6. The molecule has 0 bridgehead atoms. The van der Waals surface area contributed by atoms with Gasteiger partial charge < -0.3 is 0 Å². The van der Waals surface area contributed by atoms with Crippen LogP contribution in [0.4, 0.5) is 0 Å². The van der Waals surface area contributed by atoms with Crippen molar-refractivity contribution < 1.29 is 0 Å². The summed E-state index contributed by atoms with van der Waals surface area (Å²) in [5.41, 5.74) is 1.95. The largest absolute Gasteiger partial charge is 0.0882 e.